The van der Waals surface area contributed by atoms with Gasteiger partial charge < -0.3 is 10.5 Å². The van der Waals surface area contributed by atoms with E-state index in [-0.39, 0.29) is 6.54 Å². The lowest BCUT2D eigenvalue weighted by Gasteiger charge is -2.05. The molecule has 0 unspecified atom stereocenters. The maximum absolute atomic E-state index is 5.43. The van der Waals surface area contributed by atoms with Gasteiger partial charge in [-0.3, -0.25) is 0 Å². The van der Waals surface area contributed by atoms with E-state index < -0.39 is 0 Å². The lowest BCUT2D eigenvalue weighted by atomic mass is 10.3. The molecular formula is C15H14N6O. The van der Waals surface area contributed by atoms with Gasteiger partial charge in [-0.15, -0.1) is 5.10 Å². The van der Waals surface area contributed by atoms with Crippen molar-refractivity contribution in [2.45, 2.75) is 6.92 Å². The minimum absolute atomic E-state index is 0.262. The van der Waals surface area contributed by atoms with E-state index in [1.54, 1.807) is 10.9 Å². The first-order valence-corrected chi connectivity index (χ1v) is 6.82. The summed E-state index contributed by atoms with van der Waals surface area (Å²) in [5.74, 6) is 6.73. The number of benzene rings is 1. The zero-order valence-electron chi connectivity index (χ0n) is 12.0. The van der Waals surface area contributed by atoms with Gasteiger partial charge >= 0.3 is 0 Å². The van der Waals surface area contributed by atoms with Crippen LogP contribution in [0.1, 0.15) is 12.7 Å². The zero-order chi connectivity index (χ0) is 15.4. The Kier molecular flexibility index (Phi) is 3.94. The van der Waals surface area contributed by atoms with E-state index in [9.17, 15) is 0 Å². The van der Waals surface area contributed by atoms with Crippen molar-refractivity contribution in [2.75, 3.05) is 13.2 Å². The van der Waals surface area contributed by atoms with Crippen molar-refractivity contribution >= 4 is 11.2 Å². The first kappa shape index (κ1) is 14.0. The molecule has 0 aliphatic heterocycles. The minimum atomic E-state index is 0.262. The van der Waals surface area contributed by atoms with Crippen molar-refractivity contribution in [1.29, 1.82) is 0 Å². The van der Waals surface area contributed by atoms with Crippen molar-refractivity contribution < 1.29 is 4.74 Å². The molecule has 0 atom stereocenters. The van der Waals surface area contributed by atoms with Gasteiger partial charge in [-0.25, -0.2) is 4.98 Å². The van der Waals surface area contributed by atoms with E-state index >= 15 is 0 Å². The molecule has 0 saturated carbocycles. The Balaban J connectivity index is 2.02. The fourth-order valence-electron chi connectivity index (χ4n) is 1.94. The number of hydrogen-bond donors (Lipinski definition) is 1. The van der Waals surface area contributed by atoms with Gasteiger partial charge in [-0.05, 0) is 37.1 Å². The number of aromatic nitrogens is 5. The fraction of sp³-hybridized carbons (Fsp3) is 0.200. The van der Waals surface area contributed by atoms with Crippen LogP contribution in [0.25, 0.3) is 16.9 Å². The molecule has 2 N–H and O–H groups in total. The highest BCUT2D eigenvalue weighted by molar-refractivity contribution is 5.71. The number of ether oxygens (including phenoxy) is 1. The molecule has 0 bridgehead atoms. The van der Waals surface area contributed by atoms with Crippen molar-refractivity contribution in [3.05, 3.63) is 36.3 Å². The van der Waals surface area contributed by atoms with Crippen molar-refractivity contribution in [3.63, 3.8) is 0 Å². The Morgan fingerprint density at radius 2 is 2.09 bits per heavy atom. The highest BCUT2D eigenvalue weighted by Gasteiger charge is 2.09. The topological polar surface area (TPSA) is 91.7 Å². The first-order chi connectivity index (χ1) is 10.8. The molecule has 0 radical (unpaired) electrons. The Morgan fingerprint density at radius 3 is 2.82 bits per heavy atom. The van der Waals surface area contributed by atoms with E-state index in [1.165, 1.54) is 0 Å². The van der Waals surface area contributed by atoms with Gasteiger partial charge in [-0.1, -0.05) is 11.1 Å². The zero-order valence-corrected chi connectivity index (χ0v) is 12.0. The van der Waals surface area contributed by atoms with Crippen molar-refractivity contribution in [1.82, 2.24) is 25.0 Å². The molecule has 0 amide bonds. The van der Waals surface area contributed by atoms with Crippen molar-refractivity contribution in [2.24, 2.45) is 5.73 Å². The number of rotatable bonds is 3. The minimum Gasteiger partial charge on any atom is -0.494 e. The molecule has 7 nitrogen and oxygen atoms in total. The van der Waals surface area contributed by atoms with Gasteiger partial charge in [-0.2, -0.15) is 9.67 Å². The molecular weight excluding hydrogens is 280 g/mol. The highest BCUT2D eigenvalue weighted by atomic mass is 16.5. The molecule has 3 rings (SSSR count). The standard InChI is InChI=1S/C15H14N6O/c1-2-22-12-7-5-11(6-8-12)21-15-13(19-20-21)10-17-14(18-15)4-3-9-16/h5-8,10H,2,9,16H2,1H3. The van der Waals surface area contributed by atoms with Gasteiger partial charge in [0, 0.05) is 0 Å². The molecule has 0 aliphatic carbocycles. The maximum Gasteiger partial charge on any atom is 0.207 e. The molecule has 1 aromatic carbocycles. The number of nitrogens with zero attached hydrogens (tertiary/aromatic N) is 5. The van der Waals surface area contributed by atoms with Crippen LogP contribution in [0.3, 0.4) is 0 Å². The van der Waals surface area contributed by atoms with Gasteiger partial charge in [0.1, 0.15) is 5.75 Å². The third-order valence-electron chi connectivity index (χ3n) is 2.89. The summed E-state index contributed by atoms with van der Waals surface area (Å²) in [6, 6.07) is 7.55. The molecule has 0 spiro atoms. The smallest absolute Gasteiger partial charge is 0.207 e. The Labute approximate surface area is 127 Å². The predicted molar refractivity (Wildman–Crippen MR) is 81.6 cm³/mol. The highest BCUT2D eigenvalue weighted by Crippen LogP contribution is 2.17. The molecule has 0 aliphatic rings. The van der Waals surface area contributed by atoms with Crippen molar-refractivity contribution in [3.8, 4) is 23.3 Å². The van der Waals surface area contributed by atoms with E-state index in [2.05, 4.69) is 32.1 Å². The average molecular weight is 294 g/mol. The van der Waals surface area contributed by atoms with Gasteiger partial charge in [0.2, 0.25) is 5.82 Å². The molecule has 2 aromatic heterocycles. The third-order valence-corrected chi connectivity index (χ3v) is 2.89. The summed E-state index contributed by atoms with van der Waals surface area (Å²) >= 11 is 0. The summed E-state index contributed by atoms with van der Waals surface area (Å²) in [6.07, 6.45) is 1.60. The number of nitrogens with two attached hydrogens (primary N) is 1. The van der Waals surface area contributed by atoms with E-state index in [0.29, 0.717) is 23.6 Å². The van der Waals surface area contributed by atoms with Crippen LogP contribution >= 0.6 is 0 Å². The van der Waals surface area contributed by atoms with Crippen LogP contribution < -0.4 is 10.5 Å². The first-order valence-electron chi connectivity index (χ1n) is 6.82. The van der Waals surface area contributed by atoms with Crippen LogP contribution in [-0.2, 0) is 0 Å². The molecule has 7 heteroatoms. The van der Waals surface area contributed by atoms with Gasteiger partial charge in [0.25, 0.3) is 0 Å². The van der Waals surface area contributed by atoms with E-state index in [0.717, 1.165) is 11.4 Å². The predicted octanol–water partition coefficient (Wildman–Crippen LogP) is 0.919. The monoisotopic (exact) mass is 294 g/mol. The SMILES string of the molecule is CCOc1ccc(-n2nnc3cnc(C#CCN)nc32)cc1. The summed E-state index contributed by atoms with van der Waals surface area (Å²) in [4.78, 5) is 8.49. The molecule has 0 saturated heterocycles. The van der Waals surface area contributed by atoms with Crippen LogP contribution in [0.4, 0.5) is 0 Å². The van der Waals surface area contributed by atoms with Gasteiger partial charge in [0.05, 0.1) is 25.0 Å². The summed E-state index contributed by atoms with van der Waals surface area (Å²) < 4.78 is 7.07. The average Bonchev–Trinajstić information content (AvgIpc) is 2.97. The largest absolute Gasteiger partial charge is 0.494 e. The van der Waals surface area contributed by atoms with E-state index in [1.807, 2.05) is 31.2 Å². The van der Waals surface area contributed by atoms with Crippen LogP contribution in [-0.4, -0.2) is 38.1 Å². The second kappa shape index (κ2) is 6.20. The van der Waals surface area contributed by atoms with E-state index in [4.69, 9.17) is 10.5 Å². The summed E-state index contributed by atoms with van der Waals surface area (Å²) in [6.45, 7) is 2.83. The summed E-state index contributed by atoms with van der Waals surface area (Å²) in [7, 11) is 0. The van der Waals surface area contributed by atoms with Crippen LogP contribution in [0.15, 0.2) is 30.5 Å². The lowest BCUT2D eigenvalue weighted by Crippen LogP contribution is -2.00. The fourth-order valence-corrected chi connectivity index (χ4v) is 1.94. The Hall–Kier alpha value is -2.98. The molecule has 2 heterocycles. The molecule has 22 heavy (non-hydrogen) atoms. The lowest BCUT2D eigenvalue weighted by molar-refractivity contribution is 0.340. The quantitative estimate of drug-likeness (QED) is 0.722. The number of hydrogen-bond acceptors (Lipinski definition) is 6. The Bertz CT molecular complexity index is 844. The normalized spacial score (nSPS) is 10.3. The second-order valence-electron chi connectivity index (χ2n) is 4.34. The molecule has 110 valence electrons. The van der Waals surface area contributed by atoms with Crippen LogP contribution in [0.2, 0.25) is 0 Å². The van der Waals surface area contributed by atoms with Crippen LogP contribution in [0.5, 0.6) is 5.75 Å². The second-order valence-corrected chi connectivity index (χ2v) is 4.34. The number of fused-ring (bicyclic) bond motifs is 1. The van der Waals surface area contributed by atoms with Crippen LogP contribution in [0, 0.1) is 11.8 Å². The third kappa shape index (κ3) is 2.73. The van der Waals surface area contributed by atoms with Gasteiger partial charge in [0.15, 0.2) is 11.2 Å². The molecule has 0 fully saturated rings. The molecule has 3 aromatic rings. The maximum atomic E-state index is 5.43. The summed E-state index contributed by atoms with van der Waals surface area (Å²) in [5.41, 5.74) is 7.39. The summed E-state index contributed by atoms with van der Waals surface area (Å²) in [5, 5.41) is 8.17. The Morgan fingerprint density at radius 1 is 1.27 bits per heavy atom.